The lowest BCUT2D eigenvalue weighted by atomic mass is 10.2. The van der Waals surface area contributed by atoms with Crippen LogP contribution in [0.5, 0.6) is 0 Å². The summed E-state index contributed by atoms with van der Waals surface area (Å²) in [5.74, 6) is -0.00252. The maximum Gasteiger partial charge on any atom is 0.237 e. The van der Waals surface area contributed by atoms with E-state index in [1.807, 2.05) is 62.4 Å². The van der Waals surface area contributed by atoms with Crippen LogP contribution < -0.4 is 10.6 Å². The fourth-order valence-corrected chi connectivity index (χ4v) is 3.71. The highest BCUT2D eigenvalue weighted by Gasteiger charge is 2.18. The average Bonchev–Trinajstić information content (AvgIpc) is 2.62. The summed E-state index contributed by atoms with van der Waals surface area (Å²) < 4.78 is 1.13. The molecule has 2 N–H and O–H groups in total. The van der Waals surface area contributed by atoms with Crippen molar-refractivity contribution in [3.8, 4) is 0 Å². The summed E-state index contributed by atoms with van der Waals surface area (Å²) in [6, 6.07) is 15.4. The normalized spacial score (nSPS) is 11.7. The lowest BCUT2D eigenvalue weighted by molar-refractivity contribution is -0.116. The van der Waals surface area contributed by atoms with Crippen LogP contribution in [0.25, 0.3) is 0 Å². The molecule has 4 nitrogen and oxygen atoms in total. The number of carbonyl (C=O) groups excluding carboxylic acids is 2. The maximum atomic E-state index is 12.6. The maximum absolute atomic E-state index is 12.6. The van der Waals surface area contributed by atoms with E-state index in [1.165, 1.54) is 11.8 Å². The number of benzene rings is 2. The van der Waals surface area contributed by atoms with E-state index in [4.69, 9.17) is 0 Å². The third-order valence-electron chi connectivity index (χ3n) is 3.65. The molecule has 0 spiro atoms. The molecule has 0 aliphatic heterocycles. The van der Waals surface area contributed by atoms with Gasteiger partial charge >= 0.3 is 0 Å². The largest absolute Gasteiger partial charge is 0.326 e. The number of nitrogens with one attached hydrogen (secondary N) is 2. The monoisotopic (exact) mass is 482 g/mol. The van der Waals surface area contributed by atoms with Crippen molar-refractivity contribution in [1.29, 1.82) is 0 Å². The van der Waals surface area contributed by atoms with E-state index in [0.29, 0.717) is 12.8 Å². The quantitative estimate of drug-likeness (QED) is 0.384. The highest BCUT2D eigenvalue weighted by molar-refractivity contribution is 14.1. The molecule has 2 aromatic rings. The van der Waals surface area contributed by atoms with Gasteiger partial charge < -0.3 is 10.6 Å². The Kier molecular flexibility index (Phi) is 8.44. The lowest BCUT2D eigenvalue weighted by Crippen LogP contribution is -2.24. The fraction of sp³-hybridized carbons (Fsp3) is 0.300. The van der Waals surface area contributed by atoms with Crippen LogP contribution in [0, 0.1) is 3.57 Å². The Bertz CT molecular complexity index is 750. The van der Waals surface area contributed by atoms with E-state index in [1.54, 1.807) is 0 Å². The first kappa shape index (κ1) is 20.8. The second-order valence-corrected chi connectivity index (χ2v) is 8.36. The molecular weight excluding hydrogens is 459 g/mol. The molecule has 26 heavy (non-hydrogen) atoms. The van der Waals surface area contributed by atoms with Crippen molar-refractivity contribution in [2.24, 2.45) is 0 Å². The topological polar surface area (TPSA) is 58.2 Å². The molecule has 0 aliphatic carbocycles. The highest BCUT2D eigenvalue weighted by Crippen LogP contribution is 2.28. The van der Waals surface area contributed by atoms with E-state index in [2.05, 4.69) is 33.2 Å². The van der Waals surface area contributed by atoms with Crippen LogP contribution in [0.2, 0.25) is 0 Å². The minimum Gasteiger partial charge on any atom is -0.326 e. The van der Waals surface area contributed by atoms with Gasteiger partial charge in [0.05, 0.1) is 5.25 Å². The van der Waals surface area contributed by atoms with E-state index in [9.17, 15) is 9.59 Å². The van der Waals surface area contributed by atoms with Crippen molar-refractivity contribution in [3.63, 3.8) is 0 Å². The molecule has 138 valence electrons. The van der Waals surface area contributed by atoms with Gasteiger partial charge in [-0.1, -0.05) is 19.9 Å². The van der Waals surface area contributed by atoms with Gasteiger partial charge in [0.15, 0.2) is 0 Å². The number of halogens is 1. The summed E-state index contributed by atoms with van der Waals surface area (Å²) >= 11 is 3.74. The number of thioether (sulfide) groups is 1. The van der Waals surface area contributed by atoms with Crippen molar-refractivity contribution < 1.29 is 9.59 Å². The fourth-order valence-electron chi connectivity index (χ4n) is 2.34. The van der Waals surface area contributed by atoms with Crippen LogP contribution in [-0.4, -0.2) is 17.1 Å². The van der Waals surface area contributed by atoms with Crippen LogP contribution in [0.1, 0.15) is 33.1 Å². The molecule has 0 heterocycles. The summed E-state index contributed by atoms with van der Waals surface area (Å²) in [4.78, 5) is 25.3. The minimum atomic E-state index is -0.198. The predicted molar refractivity (Wildman–Crippen MR) is 118 cm³/mol. The number of hydrogen-bond donors (Lipinski definition) is 2. The summed E-state index contributed by atoms with van der Waals surface area (Å²) in [6.07, 6.45) is 2.04. The first-order valence-electron chi connectivity index (χ1n) is 8.64. The molecule has 2 aromatic carbocycles. The average molecular weight is 482 g/mol. The van der Waals surface area contributed by atoms with Gasteiger partial charge in [0.1, 0.15) is 0 Å². The standard InChI is InChI=1S/C20H23IN2O2S/c1-3-6-19(24)22-16-7-5-8-17(13-16)26-18(4-2)20(25)23-15-11-9-14(21)10-12-15/h5,7-13,18H,3-4,6H2,1-2H3,(H,22,24)(H,23,25). The van der Waals surface area contributed by atoms with Crippen LogP contribution in [-0.2, 0) is 9.59 Å². The zero-order chi connectivity index (χ0) is 18.9. The summed E-state index contributed by atoms with van der Waals surface area (Å²) in [5, 5.41) is 5.67. The molecule has 0 radical (unpaired) electrons. The number of hydrogen-bond acceptors (Lipinski definition) is 3. The molecule has 0 fully saturated rings. The van der Waals surface area contributed by atoms with Crippen LogP contribution in [0.15, 0.2) is 53.4 Å². The Morgan fingerprint density at radius 3 is 2.42 bits per heavy atom. The van der Waals surface area contributed by atoms with Crippen molar-refractivity contribution in [1.82, 2.24) is 0 Å². The van der Waals surface area contributed by atoms with Crippen LogP contribution in [0.3, 0.4) is 0 Å². The smallest absolute Gasteiger partial charge is 0.237 e. The number of anilines is 2. The Morgan fingerprint density at radius 2 is 1.77 bits per heavy atom. The first-order valence-corrected chi connectivity index (χ1v) is 10.6. The van der Waals surface area contributed by atoms with Gasteiger partial charge in [-0.3, -0.25) is 9.59 Å². The van der Waals surface area contributed by atoms with Gasteiger partial charge in [0, 0.05) is 26.3 Å². The van der Waals surface area contributed by atoms with Gasteiger partial charge in [0.2, 0.25) is 11.8 Å². The van der Waals surface area contributed by atoms with Crippen LogP contribution in [0.4, 0.5) is 11.4 Å². The summed E-state index contributed by atoms with van der Waals surface area (Å²) in [7, 11) is 0. The second kappa shape index (κ2) is 10.6. The van der Waals surface area contributed by atoms with E-state index in [0.717, 1.165) is 26.3 Å². The molecule has 2 amide bonds. The molecule has 0 saturated carbocycles. The molecule has 0 bridgehead atoms. The van der Waals surface area contributed by atoms with Gasteiger partial charge in [0.25, 0.3) is 0 Å². The first-order chi connectivity index (χ1) is 12.5. The minimum absolute atomic E-state index is 0.0122. The lowest BCUT2D eigenvalue weighted by Gasteiger charge is -2.15. The zero-order valence-corrected chi connectivity index (χ0v) is 17.9. The van der Waals surface area contributed by atoms with Gasteiger partial charge in [-0.05, 0) is 77.9 Å². The second-order valence-electron chi connectivity index (χ2n) is 5.84. The molecule has 6 heteroatoms. The van der Waals surface area contributed by atoms with E-state index < -0.39 is 0 Å². The molecule has 0 aromatic heterocycles. The van der Waals surface area contributed by atoms with Crippen molar-refractivity contribution in [2.75, 3.05) is 10.6 Å². The Morgan fingerprint density at radius 1 is 1.04 bits per heavy atom. The Balaban J connectivity index is 2.01. The Hall–Kier alpha value is -1.54. The van der Waals surface area contributed by atoms with Crippen molar-refractivity contribution in [2.45, 2.75) is 43.3 Å². The van der Waals surface area contributed by atoms with E-state index >= 15 is 0 Å². The third kappa shape index (κ3) is 6.64. The highest BCUT2D eigenvalue weighted by atomic mass is 127. The predicted octanol–water partition coefficient (Wildman–Crippen LogP) is 5.54. The molecular formula is C20H23IN2O2S. The summed E-state index contributed by atoms with van der Waals surface area (Å²) in [6.45, 7) is 3.97. The van der Waals surface area contributed by atoms with Crippen LogP contribution >= 0.6 is 34.4 Å². The molecule has 1 unspecified atom stereocenters. The van der Waals surface area contributed by atoms with Crippen molar-refractivity contribution >= 4 is 57.5 Å². The number of rotatable bonds is 8. The van der Waals surface area contributed by atoms with Gasteiger partial charge in [-0.15, -0.1) is 11.8 Å². The number of amides is 2. The molecule has 0 aliphatic rings. The zero-order valence-electron chi connectivity index (χ0n) is 14.9. The summed E-state index contributed by atoms with van der Waals surface area (Å²) in [5.41, 5.74) is 1.57. The SMILES string of the molecule is CCCC(=O)Nc1cccc(SC(CC)C(=O)Nc2ccc(I)cc2)c1. The molecule has 1 atom stereocenters. The molecule has 0 saturated heterocycles. The number of carbonyl (C=O) groups is 2. The molecule has 2 rings (SSSR count). The third-order valence-corrected chi connectivity index (χ3v) is 5.73. The Labute approximate surface area is 172 Å². The van der Waals surface area contributed by atoms with Crippen molar-refractivity contribution in [3.05, 3.63) is 52.1 Å². The van der Waals surface area contributed by atoms with Gasteiger partial charge in [-0.2, -0.15) is 0 Å². The van der Waals surface area contributed by atoms with E-state index in [-0.39, 0.29) is 17.1 Å². The van der Waals surface area contributed by atoms with Gasteiger partial charge in [-0.25, -0.2) is 0 Å².